The smallest absolute Gasteiger partial charge is 0.338 e. The number of hydrogen-bond donors (Lipinski definition) is 2. The number of ether oxygens (including phenoxy) is 1. The Bertz CT molecular complexity index is 484. The quantitative estimate of drug-likeness (QED) is 0.597. The summed E-state index contributed by atoms with van der Waals surface area (Å²) in [5.74, 6) is -0.344. The highest BCUT2D eigenvalue weighted by atomic mass is 16.5. The fraction of sp³-hybridized carbons (Fsp3) is 0.562. The molecule has 5 heteroatoms. The summed E-state index contributed by atoms with van der Waals surface area (Å²) < 4.78 is 4.96. The topological polar surface area (TPSA) is 67.6 Å². The fourth-order valence-corrected chi connectivity index (χ4v) is 2.31. The van der Waals surface area contributed by atoms with Crippen LogP contribution in [0.1, 0.15) is 31.1 Å². The lowest BCUT2D eigenvalue weighted by Gasteiger charge is -2.29. The Morgan fingerprint density at radius 3 is 2.57 bits per heavy atom. The van der Waals surface area contributed by atoms with Gasteiger partial charge in [0.15, 0.2) is 0 Å². The third-order valence-electron chi connectivity index (χ3n) is 3.06. The van der Waals surface area contributed by atoms with E-state index in [1.807, 2.05) is 6.07 Å². The zero-order valence-corrected chi connectivity index (χ0v) is 13.7. The monoisotopic (exact) mass is 293 g/mol. The summed E-state index contributed by atoms with van der Waals surface area (Å²) in [7, 11) is 4.12. The zero-order valence-electron chi connectivity index (χ0n) is 13.7. The highest BCUT2D eigenvalue weighted by molar-refractivity contribution is 5.91. The van der Waals surface area contributed by atoms with Crippen LogP contribution in [0.2, 0.25) is 0 Å². The molecule has 0 aromatic heterocycles. The Labute approximate surface area is 127 Å². The molecule has 0 saturated heterocycles. The van der Waals surface area contributed by atoms with Crippen LogP contribution in [-0.4, -0.2) is 44.7 Å². The van der Waals surface area contributed by atoms with Crippen LogP contribution >= 0.6 is 0 Å². The lowest BCUT2D eigenvalue weighted by Crippen LogP contribution is -2.34. The Kier molecular flexibility index (Phi) is 6.03. The van der Waals surface area contributed by atoms with E-state index in [4.69, 9.17) is 10.5 Å². The Hall–Kier alpha value is -1.75. The molecule has 0 aliphatic heterocycles. The Morgan fingerprint density at radius 2 is 2.05 bits per heavy atom. The summed E-state index contributed by atoms with van der Waals surface area (Å²) in [5, 5.41) is 3.35. The molecule has 0 fully saturated rings. The van der Waals surface area contributed by atoms with Crippen molar-refractivity contribution >= 4 is 17.3 Å². The molecule has 0 amide bonds. The number of benzene rings is 1. The summed E-state index contributed by atoms with van der Waals surface area (Å²) in [5.41, 5.74) is 8.00. The average Bonchev–Trinajstić information content (AvgIpc) is 2.36. The zero-order chi connectivity index (χ0) is 16.0. The Morgan fingerprint density at radius 1 is 1.38 bits per heavy atom. The van der Waals surface area contributed by atoms with Gasteiger partial charge < -0.3 is 20.7 Å². The van der Waals surface area contributed by atoms with Crippen molar-refractivity contribution in [2.45, 2.75) is 20.8 Å². The standard InChI is InChI=1S/C16H27N3O2/c1-6-21-15(20)12-7-8-14(13(17)9-12)18-10-16(2,3)11-19(4)5/h7-9,18H,6,10-11,17H2,1-5H3. The minimum Gasteiger partial charge on any atom is -0.462 e. The van der Waals surface area contributed by atoms with Crippen LogP contribution in [0.5, 0.6) is 0 Å². The number of carbonyl (C=O) groups excluding carboxylic acids is 1. The van der Waals surface area contributed by atoms with Crippen LogP contribution in [0.25, 0.3) is 0 Å². The summed E-state index contributed by atoms with van der Waals surface area (Å²) in [6.07, 6.45) is 0. The summed E-state index contributed by atoms with van der Waals surface area (Å²) in [4.78, 5) is 13.8. The first kappa shape index (κ1) is 17.3. The minimum absolute atomic E-state index is 0.121. The molecule has 0 atom stereocenters. The number of nitrogen functional groups attached to an aromatic ring is 1. The van der Waals surface area contributed by atoms with Crippen LogP contribution < -0.4 is 11.1 Å². The molecule has 0 radical (unpaired) electrons. The van der Waals surface area contributed by atoms with Gasteiger partial charge in [0.25, 0.3) is 0 Å². The third-order valence-corrected chi connectivity index (χ3v) is 3.06. The molecule has 1 rings (SSSR count). The Balaban J connectivity index is 2.71. The SMILES string of the molecule is CCOC(=O)c1ccc(NCC(C)(C)CN(C)C)c(N)c1. The molecule has 5 nitrogen and oxygen atoms in total. The number of carbonyl (C=O) groups is 1. The van der Waals surface area contributed by atoms with Gasteiger partial charge in [-0.2, -0.15) is 0 Å². The molecule has 0 spiro atoms. The average molecular weight is 293 g/mol. The van der Waals surface area contributed by atoms with Crippen molar-refractivity contribution in [3.05, 3.63) is 23.8 Å². The van der Waals surface area contributed by atoms with Gasteiger partial charge in [-0.25, -0.2) is 4.79 Å². The predicted octanol–water partition coefficient (Wildman–Crippen LogP) is 2.45. The largest absolute Gasteiger partial charge is 0.462 e. The predicted molar refractivity (Wildman–Crippen MR) is 87.6 cm³/mol. The molecule has 118 valence electrons. The summed E-state index contributed by atoms with van der Waals surface area (Å²) in [6, 6.07) is 5.21. The van der Waals surface area contributed by atoms with Gasteiger partial charge in [-0.15, -0.1) is 0 Å². The minimum atomic E-state index is -0.344. The molecule has 1 aromatic rings. The number of nitrogens with zero attached hydrogens (tertiary/aromatic N) is 1. The van der Waals surface area contributed by atoms with Gasteiger partial charge >= 0.3 is 5.97 Å². The number of hydrogen-bond acceptors (Lipinski definition) is 5. The number of esters is 1. The van der Waals surface area contributed by atoms with E-state index < -0.39 is 0 Å². The van der Waals surface area contributed by atoms with Gasteiger partial charge in [-0.1, -0.05) is 13.8 Å². The summed E-state index contributed by atoms with van der Waals surface area (Å²) >= 11 is 0. The molecule has 1 aromatic carbocycles. The van der Waals surface area contributed by atoms with Crippen LogP contribution in [0.15, 0.2) is 18.2 Å². The second-order valence-electron chi connectivity index (χ2n) is 6.28. The first-order valence-electron chi connectivity index (χ1n) is 7.20. The second kappa shape index (κ2) is 7.31. The fourth-order valence-electron chi connectivity index (χ4n) is 2.31. The molecule has 0 saturated carbocycles. The number of rotatable bonds is 7. The van der Waals surface area contributed by atoms with Gasteiger partial charge in [-0.05, 0) is 44.6 Å². The van der Waals surface area contributed by atoms with E-state index in [9.17, 15) is 4.79 Å². The van der Waals surface area contributed by atoms with Crippen LogP contribution in [-0.2, 0) is 4.74 Å². The first-order valence-corrected chi connectivity index (χ1v) is 7.20. The van der Waals surface area contributed by atoms with Crippen LogP contribution in [0.4, 0.5) is 11.4 Å². The maximum atomic E-state index is 11.6. The second-order valence-corrected chi connectivity index (χ2v) is 6.28. The third kappa shape index (κ3) is 5.63. The van der Waals surface area contributed by atoms with Crippen LogP contribution in [0.3, 0.4) is 0 Å². The molecule has 0 aliphatic carbocycles. The van der Waals surface area contributed by atoms with Gasteiger partial charge in [0.2, 0.25) is 0 Å². The van der Waals surface area contributed by atoms with Gasteiger partial charge in [0.1, 0.15) is 0 Å². The van der Waals surface area contributed by atoms with Gasteiger partial charge in [0.05, 0.1) is 23.5 Å². The lowest BCUT2D eigenvalue weighted by molar-refractivity contribution is 0.0526. The number of nitrogens with one attached hydrogen (secondary N) is 1. The van der Waals surface area contributed by atoms with Crippen molar-refractivity contribution in [1.82, 2.24) is 4.90 Å². The van der Waals surface area contributed by atoms with E-state index >= 15 is 0 Å². The maximum Gasteiger partial charge on any atom is 0.338 e. The van der Waals surface area contributed by atoms with Crippen LogP contribution in [0, 0.1) is 5.41 Å². The van der Waals surface area contributed by atoms with Gasteiger partial charge in [0, 0.05) is 13.1 Å². The van der Waals surface area contributed by atoms with Gasteiger partial charge in [-0.3, -0.25) is 0 Å². The number of nitrogens with two attached hydrogens (primary N) is 1. The van der Waals surface area contributed by atoms with Crippen molar-refractivity contribution in [2.75, 3.05) is 44.8 Å². The van der Waals surface area contributed by atoms with E-state index in [1.54, 1.807) is 19.1 Å². The van der Waals surface area contributed by atoms with E-state index in [2.05, 4.69) is 38.2 Å². The van der Waals surface area contributed by atoms with Crippen molar-refractivity contribution in [2.24, 2.45) is 5.41 Å². The molecule has 0 aliphatic rings. The number of anilines is 2. The molecular formula is C16H27N3O2. The van der Waals surface area contributed by atoms with Crippen molar-refractivity contribution in [3.8, 4) is 0 Å². The molecule has 0 bridgehead atoms. The molecule has 3 N–H and O–H groups in total. The molecule has 0 unspecified atom stereocenters. The molecular weight excluding hydrogens is 266 g/mol. The van der Waals surface area contributed by atoms with E-state index in [-0.39, 0.29) is 11.4 Å². The first-order chi connectivity index (χ1) is 9.75. The lowest BCUT2D eigenvalue weighted by atomic mass is 9.93. The van der Waals surface area contributed by atoms with Crippen molar-refractivity contribution in [1.29, 1.82) is 0 Å². The molecule has 21 heavy (non-hydrogen) atoms. The van der Waals surface area contributed by atoms with E-state index in [0.29, 0.717) is 17.9 Å². The summed E-state index contributed by atoms with van der Waals surface area (Å²) in [6.45, 7) is 8.31. The normalized spacial score (nSPS) is 11.5. The van der Waals surface area contributed by atoms with E-state index in [0.717, 1.165) is 18.8 Å². The maximum absolute atomic E-state index is 11.6. The van der Waals surface area contributed by atoms with Crippen molar-refractivity contribution in [3.63, 3.8) is 0 Å². The highest BCUT2D eigenvalue weighted by Gasteiger charge is 2.19. The van der Waals surface area contributed by atoms with Crippen molar-refractivity contribution < 1.29 is 9.53 Å². The molecule has 0 heterocycles. The van der Waals surface area contributed by atoms with E-state index in [1.165, 1.54) is 0 Å². The highest BCUT2D eigenvalue weighted by Crippen LogP contribution is 2.23.